The van der Waals surface area contributed by atoms with Crippen LogP contribution in [0.1, 0.15) is 24.5 Å². The molecule has 0 aliphatic carbocycles. The summed E-state index contributed by atoms with van der Waals surface area (Å²) < 4.78 is 11.5. The van der Waals surface area contributed by atoms with Crippen LogP contribution < -0.4 is 15.4 Å². The Hall–Kier alpha value is -2.97. The number of nitrogens with zero attached hydrogens (tertiary/aromatic N) is 2. The van der Waals surface area contributed by atoms with Gasteiger partial charge >= 0.3 is 6.09 Å². The Kier molecular flexibility index (Phi) is 6.72. The first-order valence-corrected chi connectivity index (χ1v) is 11.0. The molecule has 3 aliphatic rings. The molecule has 3 fully saturated rings. The first kappa shape index (κ1) is 22.2. The normalized spacial score (nSPS) is 26.2. The van der Waals surface area contributed by atoms with E-state index in [4.69, 9.17) is 9.47 Å². The van der Waals surface area contributed by atoms with Crippen LogP contribution in [0.3, 0.4) is 0 Å². The van der Waals surface area contributed by atoms with E-state index in [1.54, 1.807) is 20.4 Å². The van der Waals surface area contributed by atoms with E-state index in [-0.39, 0.29) is 6.04 Å². The number of piperidine rings is 3. The highest BCUT2D eigenvalue weighted by molar-refractivity contribution is 5.84. The minimum absolute atomic E-state index is 0.0248. The van der Waals surface area contributed by atoms with Gasteiger partial charge in [0.05, 0.1) is 18.7 Å². The molecule has 1 amide bonds. The molecule has 0 saturated carbocycles. The van der Waals surface area contributed by atoms with Gasteiger partial charge in [0.1, 0.15) is 18.0 Å². The summed E-state index contributed by atoms with van der Waals surface area (Å²) >= 11 is 0. The molecule has 2 bridgehead atoms. The number of likely N-dealkylation sites (N-methyl/N-ethyl adjacent to an activating group) is 1. The van der Waals surface area contributed by atoms with Gasteiger partial charge in [0, 0.05) is 23.7 Å². The number of pyridine rings is 1. The van der Waals surface area contributed by atoms with Crippen LogP contribution in [-0.2, 0) is 9.53 Å². The summed E-state index contributed by atoms with van der Waals surface area (Å²) in [6, 6.07) is 7.63. The molecule has 0 radical (unpaired) electrons. The van der Waals surface area contributed by atoms with Crippen LogP contribution in [0.4, 0.5) is 4.79 Å². The lowest BCUT2D eigenvalue weighted by molar-refractivity contribution is -0.110. The molecule has 3 aliphatic heterocycles. The van der Waals surface area contributed by atoms with Gasteiger partial charge in [0.2, 0.25) is 0 Å². The topological polar surface area (TPSA) is 92.8 Å². The van der Waals surface area contributed by atoms with Crippen LogP contribution in [0.15, 0.2) is 43.1 Å². The third-order valence-electron chi connectivity index (χ3n) is 6.75. The Labute approximate surface area is 188 Å². The van der Waals surface area contributed by atoms with Gasteiger partial charge in [-0.3, -0.25) is 25.3 Å². The van der Waals surface area contributed by atoms with Crippen LogP contribution in [0.5, 0.6) is 5.75 Å². The Morgan fingerprint density at radius 3 is 2.88 bits per heavy atom. The minimum Gasteiger partial charge on any atom is -0.497 e. The largest absolute Gasteiger partial charge is 0.497 e. The molecule has 5 rings (SSSR count). The van der Waals surface area contributed by atoms with E-state index in [0.717, 1.165) is 42.4 Å². The molecular formula is C24H30N4O4. The molecule has 6 unspecified atom stereocenters. The Morgan fingerprint density at radius 1 is 1.38 bits per heavy atom. The van der Waals surface area contributed by atoms with Gasteiger partial charge in [-0.2, -0.15) is 0 Å². The fraction of sp³-hybridized carbons (Fsp3) is 0.458. The van der Waals surface area contributed by atoms with Crippen LogP contribution in [0.2, 0.25) is 0 Å². The number of hydrogen-bond acceptors (Lipinski definition) is 7. The first-order chi connectivity index (χ1) is 15.6. The number of benzene rings is 1. The van der Waals surface area contributed by atoms with Gasteiger partial charge in [-0.25, -0.2) is 4.79 Å². The molecule has 2 N–H and O–H groups in total. The summed E-state index contributed by atoms with van der Waals surface area (Å²) in [5.74, 6) is 1.68. The molecule has 0 spiro atoms. The van der Waals surface area contributed by atoms with Crippen molar-refractivity contribution in [2.75, 3.05) is 27.2 Å². The van der Waals surface area contributed by atoms with Gasteiger partial charge in [-0.1, -0.05) is 6.08 Å². The van der Waals surface area contributed by atoms with Crippen molar-refractivity contribution in [3.8, 4) is 5.75 Å². The monoisotopic (exact) mass is 438 g/mol. The maximum absolute atomic E-state index is 12.8. The van der Waals surface area contributed by atoms with Crippen molar-refractivity contribution in [3.63, 3.8) is 0 Å². The van der Waals surface area contributed by atoms with Crippen LogP contribution in [0.25, 0.3) is 10.9 Å². The second-order valence-corrected chi connectivity index (χ2v) is 8.40. The van der Waals surface area contributed by atoms with Crippen molar-refractivity contribution in [3.05, 3.63) is 48.7 Å². The Bertz CT molecular complexity index is 997. The molecule has 1 aromatic heterocycles. The standard InChI is InChI=1S/C24H30N4O4/c1-4-15-13-28-10-8-16(15)11-21(28)23(32-24(30)27-22(14-29)25-2)18-7-9-26-20-6-5-17(31-3)12-19(18)20/h4-7,9,12,14-16,21-23,25H,1,8,10-11,13H2,2-3H3,(H,27,30). The lowest BCUT2D eigenvalue weighted by Gasteiger charge is -2.51. The third kappa shape index (κ3) is 4.33. The fourth-order valence-electron chi connectivity index (χ4n) is 5.01. The number of aldehydes is 1. The number of hydrogen-bond donors (Lipinski definition) is 2. The fourth-order valence-corrected chi connectivity index (χ4v) is 5.01. The molecule has 1 aromatic carbocycles. The quantitative estimate of drug-likeness (QED) is 0.372. The lowest BCUT2D eigenvalue weighted by Crippen LogP contribution is -2.56. The molecule has 2 aromatic rings. The number of methoxy groups -OCH3 is 1. The molecule has 170 valence electrons. The summed E-state index contributed by atoms with van der Waals surface area (Å²) in [6.45, 7) is 5.87. The zero-order valence-corrected chi connectivity index (χ0v) is 18.5. The predicted octanol–water partition coefficient (Wildman–Crippen LogP) is 2.65. The number of nitrogens with one attached hydrogen (secondary N) is 2. The van der Waals surface area contributed by atoms with Gasteiger partial charge in [-0.15, -0.1) is 6.58 Å². The maximum atomic E-state index is 12.8. The maximum Gasteiger partial charge on any atom is 0.409 e. The van der Waals surface area contributed by atoms with Crippen molar-refractivity contribution >= 4 is 23.3 Å². The molecule has 8 nitrogen and oxygen atoms in total. The Balaban J connectivity index is 1.72. The van der Waals surface area contributed by atoms with Crippen molar-refractivity contribution in [1.82, 2.24) is 20.5 Å². The van der Waals surface area contributed by atoms with Crippen molar-refractivity contribution in [2.24, 2.45) is 11.8 Å². The number of amides is 1. The molecule has 32 heavy (non-hydrogen) atoms. The molecule has 6 atom stereocenters. The minimum atomic E-state index is -0.814. The van der Waals surface area contributed by atoms with Crippen LogP contribution in [-0.4, -0.2) is 61.7 Å². The van der Waals surface area contributed by atoms with Gasteiger partial charge < -0.3 is 9.47 Å². The highest BCUT2D eigenvalue weighted by Crippen LogP contribution is 2.43. The number of rotatable bonds is 8. The molecule has 3 saturated heterocycles. The number of alkyl carbamates (subject to hydrolysis) is 1. The van der Waals surface area contributed by atoms with E-state index in [9.17, 15) is 9.59 Å². The Morgan fingerprint density at radius 2 is 2.22 bits per heavy atom. The second kappa shape index (κ2) is 9.67. The van der Waals surface area contributed by atoms with E-state index in [1.807, 2.05) is 30.3 Å². The number of ether oxygens (including phenoxy) is 2. The molecule has 8 heteroatoms. The van der Waals surface area contributed by atoms with E-state index < -0.39 is 18.4 Å². The van der Waals surface area contributed by atoms with Crippen LogP contribution in [0, 0.1) is 11.8 Å². The highest BCUT2D eigenvalue weighted by Gasteiger charge is 2.44. The summed E-state index contributed by atoms with van der Waals surface area (Å²) in [5, 5.41) is 6.19. The molecular weight excluding hydrogens is 408 g/mol. The molecule has 4 heterocycles. The van der Waals surface area contributed by atoms with Crippen molar-refractivity contribution < 1.29 is 19.1 Å². The SMILES string of the molecule is C=CC1CN2CCC1CC2C(OC(=O)NC(C=O)NC)c1ccnc2ccc(OC)cc12. The first-order valence-electron chi connectivity index (χ1n) is 11.0. The van der Waals surface area contributed by atoms with Crippen molar-refractivity contribution in [1.29, 1.82) is 0 Å². The third-order valence-corrected chi connectivity index (χ3v) is 6.75. The van der Waals surface area contributed by atoms with E-state index in [2.05, 4.69) is 27.1 Å². The number of fused-ring (bicyclic) bond motifs is 4. The summed E-state index contributed by atoms with van der Waals surface area (Å²) in [6.07, 6.45) is 4.46. The van der Waals surface area contributed by atoms with E-state index in [1.165, 1.54) is 0 Å². The number of carbonyl (C=O) groups is 2. The smallest absolute Gasteiger partial charge is 0.409 e. The number of carbonyl (C=O) groups excluding carboxylic acids is 2. The zero-order valence-electron chi connectivity index (χ0n) is 18.5. The summed E-state index contributed by atoms with van der Waals surface area (Å²) in [4.78, 5) is 30.8. The highest BCUT2D eigenvalue weighted by atomic mass is 16.6. The summed E-state index contributed by atoms with van der Waals surface area (Å²) in [7, 11) is 3.22. The van der Waals surface area contributed by atoms with Crippen LogP contribution >= 0.6 is 0 Å². The van der Waals surface area contributed by atoms with Gasteiger partial charge in [-0.05, 0) is 62.5 Å². The lowest BCUT2D eigenvalue weighted by atomic mass is 9.73. The van der Waals surface area contributed by atoms with E-state index in [0.29, 0.717) is 23.9 Å². The predicted molar refractivity (Wildman–Crippen MR) is 121 cm³/mol. The van der Waals surface area contributed by atoms with E-state index >= 15 is 0 Å². The number of aromatic nitrogens is 1. The van der Waals surface area contributed by atoms with Gasteiger partial charge in [0.15, 0.2) is 6.29 Å². The van der Waals surface area contributed by atoms with Gasteiger partial charge in [0.25, 0.3) is 0 Å². The summed E-state index contributed by atoms with van der Waals surface area (Å²) in [5.41, 5.74) is 1.68. The second-order valence-electron chi connectivity index (χ2n) is 8.40. The average molecular weight is 439 g/mol. The average Bonchev–Trinajstić information content (AvgIpc) is 2.85. The zero-order chi connectivity index (χ0) is 22.7. The van der Waals surface area contributed by atoms with Crippen molar-refractivity contribution in [2.45, 2.75) is 31.2 Å².